The zero-order valence-corrected chi connectivity index (χ0v) is 7.75. The maximum Gasteiger partial charge on any atom is 0.146 e. The van der Waals surface area contributed by atoms with E-state index in [0.29, 0.717) is 5.69 Å². The predicted octanol–water partition coefficient (Wildman–Crippen LogP) is 1.28. The topological polar surface area (TPSA) is 38.5 Å². The van der Waals surface area contributed by atoms with Gasteiger partial charge >= 0.3 is 0 Å². The van der Waals surface area contributed by atoms with Gasteiger partial charge in [-0.3, -0.25) is 4.84 Å². The van der Waals surface area contributed by atoms with E-state index in [-0.39, 0.29) is 12.4 Å². The van der Waals surface area contributed by atoms with E-state index in [9.17, 15) is 4.39 Å². The van der Waals surface area contributed by atoms with Crippen LogP contribution < -0.4 is 10.8 Å². The Morgan fingerprint density at radius 1 is 1.46 bits per heavy atom. The molecule has 0 heterocycles. The number of halogens is 1. The highest BCUT2D eigenvalue weighted by Gasteiger charge is 2.04. The summed E-state index contributed by atoms with van der Waals surface area (Å²) in [6.07, 6.45) is 0. The first kappa shape index (κ1) is 9.95. The number of rotatable bonds is 3. The number of anilines is 1. The molecule has 72 valence electrons. The van der Waals surface area contributed by atoms with E-state index in [1.54, 1.807) is 31.1 Å². The van der Waals surface area contributed by atoms with Gasteiger partial charge in [-0.15, -0.1) is 0 Å². The van der Waals surface area contributed by atoms with Crippen LogP contribution in [0.1, 0.15) is 5.56 Å². The summed E-state index contributed by atoms with van der Waals surface area (Å²) >= 11 is 0. The molecule has 3 nitrogen and oxygen atoms in total. The fraction of sp³-hybridized carbons (Fsp3) is 0.333. The molecule has 0 saturated carbocycles. The van der Waals surface area contributed by atoms with Gasteiger partial charge in [-0.05, 0) is 17.7 Å². The summed E-state index contributed by atoms with van der Waals surface area (Å²) in [6.45, 7) is 0.227. The number of nitrogens with two attached hydrogens (primary N) is 1. The first-order valence-electron chi connectivity index (χ1n) is 3.92. The van der Waals surface area contributed by atoms with Crippen molar-refractivity contribution in [3.8, 4) is 0 Å². The Morgan fingerprint density at radius 2 is 2.15 bits per heavy atom. The molecule has 0 aliphatic heterocycles. The predicted molar refractivity (Wildman–Crippen MR) is 49.7 cm³/mol. The number of hydrogen-bond donors (Lipinski definition) is 1. The van der Waals surface area contributed by atoms with Gasteiger partial charge in [0.05, 0.1) is 12.3 Å². The van der Waals surface area contributed by atoms with Crippen molar-refractivity contribution in [1.82, 2.24) is 0 Å². The number of nitrogens with zero attached hydrogens (tertiary/aromatic N) is 1. The molecular formula is C9H13FN2O. The van der Waals surface area contributed by atoms with Crippen LogP contribution in [0, 0.1) is 5.82 Å². The fourth-order valence-electron chi connectivity index (χ4n) is 1.10. The lowest BCUT2D eigenvalue weighted by Gasteiger charge is -2.13. The third kappa shape index (κ3) is 2.40. The second kappa shape index (κ2) is 4.20. The third-order valence-electron chi connectivity index (χ3n) is 1.74. The van der Waals surface area contributed by atoms with Crippen LogP contribution in [-0.4, -0.2) is 14.1 Å². The van der Waals surface area contributed by atoms with Gasteiger partial charge in [0, 0.05) is 14.1 Å². The summed E-state index contributed by atoms with van der Waals surface area (Å²) in [5.74, 6) is 4.61. The monoisotopic (exact) mass is 184 g/mol. The molecule has 13 heavy (non-hydrogen) atoms. The average molecular weight is 184 g/mol. The lowest BCUT2D eigenvalue weighted by molar-refractivity contribution is 0.124. The Kier molecular flexibility index (Phi) is 3.22. The lowest BCUT2D eigenvalue weighted by atomic mass is 10.2. The highest BCUT2D eigenvalue weighted by atomic mass is 19.1. The van der Waals surface area contributed by atoms with E-state index in [1.165, 1.54) is 6.07 Å². The molecular weight excluding hydrogens is 171 g/mol. The molecule has 0 aliphatic rings. The molecule has 0 atom stereocenters. The first-order chi connectivity index (χ1) is 6.15. The van der Waals surface area contributed by atoms with Gasteiger partial charge in [0.15, 0.2) is 0 Å². The van der Waals surface area contributed by atoms with E-state index in [2.05, 4.69) is 4.84 Å². The van der Waals surface area contributed by atoms with Crippen LogP contribution in [-0.2, 0) is 11.4 Å². The maximum absolute atomic E-state index is 13.3. The van der Waals surface area contributed by atoms with Crippen LogP contribution in [0.3, 0.4) is 0 Å². The molecule has 0 saturated heterocycles. The van der Waals surface area contributed by atoms with Gasteiger partial charge in [0.2, 0.25) is 0 Å². The van der Waals surface area contributed by atoms with Crippen LogP contribution in [0.4, 0.5) is 10.1 Å². The van der Waals surface area contributed by atoms with Crippen molar-refractivity contribution in [3.63, 3.8) is 0 Å². The van der Waals surface area contributed by atoms with Crippen molar-refractivity contribution in [2.45, 2.75) is 6.61 Å². The quantitative estimate of drug-likeness (QED) is 0.719. The summed E-state index contributed by atoms with van der Waals surface area (Å²) in [5.41, 5.74) is 1.28. The molecule has 0 bridgehead atoms. The van der Waals surface area contributed by atoms with Gasteiger partial charge in [-0.2, -0.15) is 0 Å². The van der Waals surface area contributed by atoms with E-state index in [0.717, 1.165) is 5.56 Å². The van der Waals surface area contributed by atoms with Crippen molar-refractivity contribution >= 4 is 5.69 Å². The molecule has 0 fully saturated rings. The maximum atomic E-state index is 13.3. The lowest BCUT2D eigenvalue weighted by Crippen LogP contribution is -2.11. The van der Waals surface area contributed by atoms with E-state index in [4.69, 9.17) is 5.90 Å². The van der Waals surface area contributed by atoms with E-state index >= 15 is 0 Å². The largest absolute Gasteiger partial charge is 0.375 e. The van der Waals surface area contributed by atoms with Crippen LogP contribution >= 0.6 is 0 Å². The molecule has 4 heteroatoms. The molecule has 0 radical (unpaired) electrons. The molecule has 0 aliphatic carbocycles. The third-order valence-corrected chi connectivity index (χ3v) is 1.74. The Bertz CT molecular complexity index is 289. The molecule has 2 N–H and O–H groups in total. The molecule has 0 spiro atoms. The van der Waals surface area contributed by atoms with Crippen molar-refractivity contribution in [2.75, 3.05) is 19.0 Å². The summed E-state index contributed by atoms with van der Waals surface area (Å²) < 4.78 is 13.3. The number of hydrogen-bond acceptors (Lipinski definition) is 3. The standard InChI is InChI=1S/C9H13FN2O/c1-12(2)9-4-3-7(6-13-11)5-8(9)10/h3-5H,6,11H2,1-2H3. The van der Waals surface area contributed by atoms with Gasteiger partial charge < -0.3 is 4.90 Å². The molecule has 1 aromatic rings. The summed E-state index contributed by atoms with van der Waals surface area (Å²) in [7, 11) is 3.58. The van der Waals surface area contributed by atoms with Gasteiger partial charge in [0.1, 0.15) is 5.82 Å². The zero-order valence-electron chi connectivity index (χ0n) is 7.75. The van der Waals surface area contributed by atoms with E-state index < -0.39 is 0 Å². The summed E-state index contributed by atoms with van der Waals surface area (Å²) in [6, 6.07) is 4.90. The second-order valence-corrected chi connectivity index (χ2v) is 2.99. The first-order valence-corrected chi connectivity index (χ1v) is 3.92. The highest BCUT2D eigenvalue weighted by molar-refractivity contribution is 5.47. The average Bonchev–Trinajstić information content (AvgIpc) is 2.04. The number of benzene rings is 1. The van der Waals surface area contributed by atoms with Crippen molar-refractivity contribution < 1.29 is 9.23 Å². The fourth-order valence-corrected chi connectivity index (χ4v) is 1.10. The molecule has 0 amide bonds. The minimum atomic E-state index is -0.264. The van der Waals surface area contributed by atoms with Crippen molar-refractivity contribution in [3.05, 3.63) is 29.6 Å². The smallest absolute Gasteiger partial charge is 0.146 e. The Morgan fingerprint density at radius 3 is 2.62 bits per heavy atom. The SMILES string of the molecule is CN(C)c1ccc(CON)cc1F. The van der Waals surface area contributed by atoms with Crippen LogP contribution in [0.25, 0.3) is 0 Å². The highest BCUT2D eigenvalue weighted by Crippen LogP contribution is 2.18. The molecule has 1 aromatic carbocycles. The Balaban J connectivity index is 2.92. The minimum absolute atomic E-state index is 0.227. The second-order valence-electron chi connectivity index (χ2n) is 2.99. The van der Waals surface area contributed by atoms with Crippen molar-refractivity contribution in [2.24, 2.45) is 5.90 Å². The Hall–Kier alpha value is -1.13. The van der Waals surface area contributed by atoms with Gasteiger partial charge in [0.25, 0.3) is 0 Å². The normalized spacial score (nSPS) is 10.2. The zero-order chi connectivity index (χ0) is 9.84. The summed E-state index contributed by atoms with van der Waals surface area (Å²) in [5, 5.41) is 0. The molecule has 0 unspecified atom stereocenters. The van der Waals surface area contributed by atoms with Gasteiger partial charge in [-0.25, -0.2) is 10.3 Å². The van der Waals surface area contributed by atoms with Crippen LogP contribution in [0.5, 0.6) is 0 Å². The van der Waals surface area contributed by atoms with Crippen LogP contribution in [0.15, 0.2) is 18.2 Å². The van der Waals surface area contributed by atoms with Crippen molar-refractivity contribution in [1.29, 1.82) is 0 Å². The van der Waals surface area contributed by atoms with Crippen LogP contribution in [0.2, 0.25) is 0 Å². The molecule has 0 aromatic heterocycles. The minimum Gasteiger partial charge on any atom is -0.375 e. The Labute approximate surface area is 76.9 Å². The summed E-state index contributed by atoms with van der Waals surface area (Å²) in [4.78, 5) is 6.11. The van der Waals surface area contributed by atoms with Gasteiger partial charge in [-0.1, -0.05) is 6.07 Å². The molecule has 1 rings (SSSR count). The van der Waals surface area contributed by atoms with E-state index in [1.807, 2.05) is 0 Å².